The lowest BCUT2D eigenvalue weighted by Crippen LogP contribution is -2.30. The van der Waals surface area contributed by atoms with E-state index in [1.165, 1.54) is 6.08 Å². The Morgan fingerprint density at radius 3 is 2.60 bits per heavy atom. The van der Waals surface area contributed by atoms with Crippen LogP contribution in [-0.2, 0) is 4.79 Å². The van der Waals surface area contributed by atoms with Crippen molar-refractivity contribution in [3.05, 3.63) is 48.2 Å². The maximum Gasteiger partial charge on any atom is 0.329 e. The number of amides is 3. The number of rotatable bonds is 5. The van der Waals surface area contributed by atoms with Crippen molar-refractivity contribution >= 4 is 18.0 Å². The highest BCUT2D eigenvalue weighted by molar-refractivity contribution is 6.14. The minimum absolute atomic E-state index is 0.200. The van der Waals surface area contributed by atoms with Gasteiger partial charge in [-0.2, -0.15) is 0 Å². The Kier molecular flexibility index (Phi) is 4.20. The zero-order valence-corrected chi connectivity index (χ0v) is 11.3. The third-order valence-corrected chi connectivity index (χ3v) is 2.78. The summed E-state index contributed by atoms with van der Waals surface area (Å²) in [4.78, 5) is 24.7. The number of carbonyl (C=O) groups excluding carboxylic acids is 2. The first kappa shape index (κ1) is 13.9. The summed E-state index contributed by atoms with van der Waals surface area (Å²) in [7, 11) is 0. The average molecular weight is 272 g/mol. The molecule has 0 radical (unpaired) electrons. The highest BCUT2D eigenvalue weighted by atomic mass is 16.5. The van der Waals surface area contributed by atoms with Crippen LogP contribution in [0.25, 0.3) is 6.08 Å². The maximum atomic E-state index is 12.0. The first-order chi connectivity index (χ1) is 9.65. The van der Waals surface area contributed by atoms with Crippen molar-refractivity contribution in [1.82, 2.24) is 10.2 Å². The van der Waals surface area contributed by atoms with Crippen LogP contribution in [-0.4, -0.2) is 30.0 Å². The smallest absolute Gasteiger partial charge is 0.329 e. The normalized spacial score (nSPS) is 16.4. The Hall–Kier alpha value is -2.56. The van der Waals surface area contributed by atoms with Crippen LogP contribution in [0.5, 0.6) is 5.75 Å². The van der Waals surface area contributed by atoms with Gasteiger partial charge in [-0.3, -0.25) is 9.69 Å². The molecule has 1 saturated heterocycles. The SMILES string of the molecule is C=CCN1C(=O)N/C(=C/c2ccc(OCC)cc2)C1=O. The second kappa shape index (κ2) is 6.06. The Morgan fingerprint density at radius 2 is 2.00 bits per heavy atom. The lowest BCUT2D eigenvalue weighted by Gasteiger charge is -2.06. The van der Waals surface area contributed by atoms with Gasteiger partial charge >= 0.3 is 6.03 Å². The fourth-order valence-corrected chi connectivity index (χ4v) is 1.86. The summed E-state index contributed by atoms with van der Waals surface area (Å²) in [6.45, 7) is 6.24. The van der Waals surface area contributed by atoms with Crippen molar-refractivity contribution in [3.8, 4) is 5.75 Å². The fourth-order valence-electron chi connectivity index (χ4n) is 1.86. The number of imide groups is 1. The summed E-state index contributed by atoms with van der Waals surface area (Å²) in [6, 6.07) is 6.87. The Balaban J connectivity index is 2.17. The first-order valence-electron chi connectivity index (χ1n) is 6.34. The second-order valence-electron chi connectivity index (χ2n) is 4.19. The van der Waals surface area contributed by atoms with Crippen molar-refractivity contribution in [3.63, 3.8) is 0 Å². The molecule has 0 saturated carbocycles. The number of hydrogen-bond donors (Lipinski definition) is 1. The molecule has 0 atom stereocenters. The van der Waals surface area contributed by atoms with Crippen LogP contribution in [0.3, 0.4) is 0 Å². The first-order valence-corrected chi connectivity index (χ1v) is 6.34. The maximum absolute atomic E-state index is 12.0. The zero-order chi connectivity index (χ0) is 14.5. The van der Waals surface area contributed by atoms with E-state index in [9.17, 15) is 9.59 Å². The van der Waals surface area contributed by atoms with E-state index in [0.717, 1.165) is 16.2 Å². The summed E-state index contributed by atoms with van der Waals surface area (Å²) < 4.78 is 5.34. The second-order valence-corrected chi connectivity index (χ2v) is 4.19. The van der Waals surface area contributed by atoms with Crippen LogP contribution in [0.15, 0.2) is 42.6 Å². The number of urea groups is 1. The van der Waals surface area contributed by atoms with E-state index in [0.29, 0.717) is 6.61 Å². The lowest BCUT2D eigenvalue weighted by molar-refractivity contribution is -0.122. The molecule has 5 heteroatoms. The molecular weight excluding hydrogens is 256 g/mol. The molecule has 104 valence electrons. The molecule has 1 aliphatic heterocycles. The molecule has 1 N–H and O–H groups in total. The molecule has 20 heavy (non-hydrogen) atoms. The van der Waals surface area contributed by atoms with Gasteiger partial charge in [-0.05, 0) is 30.7 Å². The predicted octanol–water partition coefficient (Wildman–Crippen LogP) is 2.16. The monoisotopic (exact) mass is 272 g/mol. The molecule has 1 aromatic carbocycles. The van der Waals surface area contributed by atoms with Crippen LogP contribution in [0.1, 0.15) is 12.5 Å². The molecule has 0 unspecified atom stereocenters. The Bertz CT molecular complexity index is 561. The van der Waals surface area contributed by atoms with E-state index in [1.54, 1.807) is 6.08 Å². The van der Waals surface area contributed by atoms with Gasteiger partial charge in [0.05, 0.1) is 6.61 Å². The largest absolute Gasteiger partial charge is 0.494 e. The van der Waals surface area contributed by atoms with Crippen molar-refractivity contribution in [2.24, 2.45) is 0 Å². The molecule has 0 bridgehead atoms. The number of hydrogen-bond acceptors (Lipinski definition) is 3. The third kappa shape index (κ3) is 2.88. The van der Waals surface area contributed by atoms with Crippen LogP contribution < -0.4 is 10.1 Å². The molecule has 1 fully saturated rings. The van der Waals surface area contributed by atoms with Gasteiger partial charge in [-0.1, -0.05) is 18.2 Å². The molecule has 0 aromatic heterocycles. The topological polar surface area (TPSA) is 58.6 Å². The van der Waals surface area contributed by atoms with Crippen LogP contribution in [0.4, 0.5) is 4.79 Å². The van der Waals surface area contributed by atoms with Crippen LogP contribution in [0, 0.1) is 0 Å². The molecule has 1 aliphatic rings. The van der Waals surface area contributed by atoms with Crippen molar-refractivity contribution in [2.45, 2.75) is 6.92 Å². The molecule has 2 rings (SSSR count). The van der Waals surface area contributed by atoms with Crippen LogP contribution in [0.2, 0.25) is 0 Å². The van der Waals surface area contributed by atoms with Gasteiger partial charge in [0.15, 0.2) is 0 Å². The number of nitrogens with one attached hydrogen (secondary N) is 1. The minimum atomic E-state index is -0.424. The number of nitrogens with zero attached hydrogens (tertiary/aromatic N) is 1. The molecule has 3 amide bonds. The fraction of sp³-hybridized carbons (Fsp3) is 0.200. The lowest BCUT2D eigenvalue weighted by atomic mass is 10.2. The van der Waals surface area contributed by atoms with Gasteiger partial charge in [0.25, 0.3) is 5.91 Å². The summed E-state index contributed by atoms with van der Waals surface area (Å²) in [5.74, 6) is 0.425. The van der Waals surface area contributed by atoms with Gasteiger partial charge < -0.3 is 10.1 Å². The number of ether oxygens (including phenoxy) is 1. The van der Waals surface area contributed by atoms with Crippen molar-refractivity contribution in [2.75, 3.05) is 13.2 Å². The van der Waals surface area contributed by atoms with Gasteiger partial charge in [0, 0.05) is 6.54 Å². The van der Waals surface area contributed by atoms with E-state index in [-0.39, 0.29) is 18.1 Å². The molecule has 0 aliphatic carbocycles. The zero-order valence-electron chi connectivity index (χ0n) is 11.3. The Morgan fingerprint density at radius 1 is 1.30 bits per heavy atom. The third-order valence-electron chi connectivity index (χ3n) is 2.78. The van der Waals surface area contributed by atoms with E-state index in [1.807, 2.05) is 31.2 Å². The van der Waals surface area contributed by atoms with E-state index < -0.39 is 6.03 Å². The highest BCUT2D eigenvalue weighted by Crippen LogP contribution is 2.17. The standard InChI is InChI=1S/C15H16N2O3/c1-3-9-17-14(18)13(16-15(17)19)10-11-5-7-12(8-6-11)20-4-2/h3,5-8,10H,1,4,9H2,2H3,(H,16,19)/b13-10+. The number of benzene rings is 1. The van der Waals surface area contributed by atoms with Crippen LogP contribution >= 0.6 is 0 Å². The minimum Gasteiger partial charge on any atom is -0.494 e. The predicted molar refractivity (Wildman–Crippen MR) is 76.0 cm³/mol. The van der Waals surface area contributed by atoms with Gasteiger partial charge in [0.1, 0.15) is 11.4 Å². The Labute approximate surface area is 117 Å². The van der Waals surface area contributed by atoms with E-state index in [4.69, 9.17) is 4.74 Å². The number of carbonyl (C=O) groups is 2. The van der Waals surface area contributed by atoms with Gasteiger partial charge in [-0.25, -0.2) is 4.79 Å². The summed E-state index contributed by atoms with van der Waals surface area (Å²) in [6.07, 6.45) is 3.15. The summed E-state index contributed by atoms with van der Waals surface area (Å²) >= 11 is 0. The van der Waals surface area contributed by atoms with Gasteiger partial charge in [-0.15, -0.1) is 6.58 Å². The summed E-state index contributed by atoms with van der Waals surface area (Å²) in [5, 5.41) is 2.55. The average Bonchev–Trinajstić information content (AvgIpc) is 2.69. The van der Waals surface area contributed by atoms with Crippen molar-refractivity contribution < 1.29 is 14.3 Å². The molecule has 0 spiro atoms. The molecular formula is C15H16N2O3. The quantitative estimate of drug-likeness (QED) is 0.507. The molecule has 1 heterocycles. The van der Waals surface area contributed by atoms with E-state index in [2.05, 4.69) is 11.9 Å². The van der Waals surface area contributed by atoms with E-state index >= 15 is 0 Å². The highest BCUT2D eigenvalue weighted by Gasteiger charge is 2.32. The summed E-state index contributed by atoms with van der Waals surface area (Å²) in [5.41, 5.74) is 1.08. The van der Waals surface area contributed by atoms with Gasteiger partial charge in [0.2, 0.25) is 0 Å². The molecule has 1 aromatic rings. The molecule has 5 nitrogen and oxygen atoms in total. The van der Waals surface area contributed by atoms with Crippen molar-refractivity contribution in [1.29, 1.82) is 0 Å².